The van der Waals surface area contributed by atoms with Crippen molar-refractivity contribution in [1.82, 2.24) is 16.0 Å². The Hall–Kier alpha value is -1.92. The first-order valence-corrected chi connectivity index (χ1v) is 13.6. The van der Waals surface area contributed by atoms with E-state index in [0.29, 0.717) is 37.3 Å². The maximum Gasteiger partial charge on any atom is 0.407 e. The Morgan fingerprint density at radius 2 is 1.91 bits per heavy atom. The zero-order valence-corrected chi connectivity index (χ0v) is 20.6. The van der Waals surface area contributed by atoms with E-state index in [1.807, 2.05) is 13.8 Å². The number of ether oxygens (including phenoxy) is 1. The van der Waals surface area contributed by atoms with Crippen LogP contribution in [0.15, 0.2) is 0 Å². The first-order valence-electron chi connectivity index (χ1n) is 12.1. The summed E-state index contributed by atoms with van der Waals surface area (Å²) >= 11 is 0. The Kier molecular flexibility index (Phi) is 8.80. The van der Waals surface area contributed by atoms with Crippen LogP contribution in [-0.2, 0) is 24.4 Å². The van der Waals surface area contributed by atoms with Crippen LogP contribution in [0.5, 0.6) is 0 Å². The Morgan fingerprint density at radius 3 is 2.44 bits per heavy atom. The molecule has 3 rings (SSSR count). The quantitative estimate of drug-likeness (QED) is 0.257. The molecule has 0 aromatic heterocycles. The summed E-state index contributed by atoms with van der Waals surface area (Å²) in [7, 11) is -4.90. The van der Waals surface area contributed by atoms with Gasteiger partial charge in [-0.15, -0.1) is 0 Å². The van der Waals surface area contributed by atoms with Crippen LogP contribution in [0.25, 0.3) is 0 Å². The van der Waals surface area contributed by atoms with Crippen molar-refractivity contribution in [2.24, 2.45) is 29.6 Å². The number of aliphatic hydroxyl groups excluding tert-OH is 1. The Morgan fingerprint density at radius 1 is 1.18 bits per heavy atom. The van der Waals surface area contributed by atoms with E-state index in [-0.39, 0.29) is 24.7 Å². The zero-order chi connectivity index (χ0) is 25.0. The van der Waals surface area contributed by atoms with E-state index >= 15 is 0 Å². The van der Waals surface area contributed by atoms with E-state index in [1.165, 1.54) is 12.8 Å². The highest BCUT2D eigenvalue weighted by atomic mass is 32.2. The minimum atomic E-state index is -4.90. The third-order valence-electron chi connectivity index (χ3n) is 7.31. The van der Waals surface area contributed by atoms with Crippen molar-refractivity contribution in [3.63, 3.8) is 0 Å². The molecule has 12 heteroatoms. The van der Waals surface area contributed by atoms with E-state index in [1.54, 1.807) is 0 Å². The fraction of sp³-hybridized carbons (Fsp3) is 0.864. The topological polar surface area (TPSA) is 171 Å². The van der Waals surface area contributed by atoms with Crippen LogP contribution in [0.1, 0.15) is 58.8 Å². The van der Waals surface area contributed by atoms with E-state index in [4.69, 9.17) is 4.74 Å². The molecule has 1 unspecified atom stereocenters. The lowest BCUT2D eigenvalue weighted by molar-refractivity contribution is -0.126. The van der Waals surface area contributed by atoms with Crippen LogP contribution in [0.3, 0.4) is 0 Å². The van der Waals surface area contributed by atoms with E-state index in [9.17, 15) is 32.5 Å². The van der Waals surface area contributed by atoms with Crippen molar-refractivity contribution in [3.05, 3.63) is 0 Å². The number of aliphatic hydroxyl groups is 1. The molecule has 3 amide bonds. The second-order valence-corrected chi connectivity index (χ2v) is 11.9. The van der Waals surface area contributed by atoms with Crippen molar-refractivity contribution in [1.29, 1.82) is 0 Å². The monoisotopic (exact) mass is 503 g/mol. The fourth-order valence-electron chi connectivity index (χ4n) is 5.56. The summed E-state index contributed by atoms with van der Waals surface area (Å²) < 4.78 is 37.9. The van der Waals surface area contributed by atoms with Gasteiger partial charge >= 0.3 is 6.09 Å². The summed E-state index contributed by atoms with van der Waals surface area (Å²) in [6.07, 6.45) is 4.38. The number of carbonyl (C=O) groups excluding carboxylic acids is 3. The van der Waals surface area contributed by atoms with Crippen LogP contribution in [0, 0.1) is 29.6 Å². The predicted molar refractivity (Wildman–Crippen MR) is 122 cm³/mol. The van der Waals surface area contributed by atoms with Crippen LogP contribution in [-0.4, -0.2) is 66.7 Å². The number of amides is 3. The van der Waals surface area contributed by atoms with Crippen LogP contribution < -0.4 is 16.0 Å². The average molecular weight is 504 g/mol. The van der Waals surface area contributed by atoms with Gasteiger partial charge in [-0.25, -0.2) is 4.79 Å². The van der Waals surface area contributed by atoms with Gasteiger partial charge < -0.3 is 25.8 Å². The van der Waals surface area contributed by atoms with E-state index < -0.39 is 45.6 Å². The van der Waals surface area contributed by atoms with Gasteiger partial charge in [0.25, 0.3) is 10.1 Å². The minimum absolute atomic E-state index is 0.00664. The van der Waals surface area contributed by atoms with Crippen molar-refractivity contribution >= 4 is 28.0 Å². The Balaban J connectivity index is 1.61. The molecule has 34 heavy (non-hydrogen) atoms. The second-order valence-electron chi connectivity index (χ2n) is 10.4. The molecule has 1 aliphatic heterocycles. The molecule has 0 spiro atoms. The standard InChI is InChI=1S/C22H37N3O8S/c1-12(2)7-17(25-22(29)33-11-16-9-13-3-4-14(16)8-13)20(27)24-18(21(28)34(30,31)32)10-15-5-6-23-19(15)26/h12-18,21,28H,3-11H2,1-2H3,(H,23,26)(H,24,27)(H,25,29)(H,30,31,32)/t13-,14+,15-,16+,17-,18-,21?/m0/s1. The molecule has 11 nitrogen and oxygen atoms in total. The number of fused-ring (bicyclic) bond motifs is 2. The van der Waals surface area contributed by atoms with Crippen LogP contribution in [0.2, 0.25) is 0 Å². The van der Waals surface area contributed by atoms with E-state index in [2.05, 4.69) is 16.0 Å². The number of nitrogens with one attached hydrogen (secondary N) is 3. The first kappa shape index (κ1) is 26.7. The molecular weight excluding hydrogens is 466 g/mol. The van der Waals surface area contributed by atoms with Gasteiger partial charge in [0.05, 0.1) is 12.6 Å². The molecule has 5 N–H and O–H groups in total. The van der Waals surface area contributed by atoms with Crippen LogP contribution in [0.4, 0.5) is 4.79 Å². The van der Waals surface area contributed by atoms with Crippen molar-refractivity contribution in [2.75, 3.05) is 13.2 Å². The number of alkyl carbamates (subject to hydrolysis) is 1. The molecule has 7 atom stereocenters. The molecule has 2 saturated carbocycles. The summed E-state index contributed by atoms with van der Waals surface area (Å²) in [5.41, 5.74) is -2.31. The maximum atomic E-state index is 13.0. The van der Waals surface area contributed by atoms with E-state index in [0.717, 1.165) is 12.8 Å². The molecule has 3 aliphatic rings. The van der Waals surface area contributed by atoms with Gasteiger partial charge in [-0.2, -0.15) is 8.42 Å². The molecule has 3 fully saturated rings. The summed E-state index contributed by atoms with van der Waals surface area (Å²) in [6.45, 7) is 4.41. The minimum Gasteiger partial charge on any atom is -0.449 e. The summed E-state index contributed by atoms with van der Waals surface area (Å²) in [5.74, 6) is -0.0115. The lowest BCUT2D eigenvalue weighted by Crippen LogP contribution is -2.55. The first-order chi connectivity index (χ1) is 15.9. The van der Waals surface area contributed by atoms with Gasteiger partial charge in [-0.1, -0.05) is 20.3 Å². The van der Waals surface area contributed by atoms with Gasteiger partial charge in [0.1, 0.15) is 6.04 Å². The van der Waals surface area contributed by atoms with Crippen molar-refractivity contribution < 1.29 is 37.2 Å². The number of hydrogen-bond donors (Lipinski definition) is 5. The lowest BCUT2D eigenvalue weighted by atomic mass is 9.90. The van der Waals surface area contributed by atoms with Crippen molar-refractivity contribution in [2.45, 2.75) is 76.3 Å². The molecule has 0 aromatic carbocycles. The highest BCUT2D eigenvalue weighted by Crippen LogP contribution is 2.48. The smallest absolute Gasteiger partial charge is 0.407 e. The van der Waals surface area contributed by atoms with Gasteiger partial charge in [-0.05, 0) is 62.2 Å². The highest BCUT2D eigenvalue weighted by Gasteiger charge is 2.40. The Bertz CT molecular complexity index is 864. The summed E-state index contributed by atoms with van der Waals surface area (Å²) in [5, 5.41) is 17.7. The SMILES string of the molecule is CC(C)C[C@H](NC(=O)OC[C@H]1C[C@H]2CC[C@@H]1C2)C(=O)N[C@@H](C[C@@H]1CCNC1=O)C(O)S(=O)(=O)O. The zero-order valence-electron chi connectivity index (χ0n) is 19.7. The maximum absolute atomic E-state index is 13.0. The fourth-order valence-corrected chi connectivity index (χ4v) is 6.16. The largest absolute Gasteiger partial charge is 0.449 e. The molecule has 2 aliphatic carbocycles. The third-order valence-corrected chi connectivity index (χ3v) is 8.25. The van der Waals surface area contributed by atoms with Gasteiger partial charge in [0, 0.05) is 12.5 Å². The number of hydrogen-bond acceptors (Lipinski definition) is 7. The second kappa shape index (κ2) is 11.2. The summed E-state index contributed by atoms with van der Waals surface area (Å²) in [6, 6.07) is -2.47. The van der Waals surface area contributed by atoms with Crippen LogP contribution >= 0.6 is 0 Å². The highest BCUT2D eigenvalue weighted by molar-refractivity contribution is 7.86. The third kappa shape index (κ3) is 7.05. The predicted octanol–water partition coefficient (Wildman–Crippen LogP) is 0.781. The van der Waals surface area contributed by atoms with Gasteiger partial charge in [0.2, 0.25) is 17.3 Å². The average Bonchev–Trinajstić information content (AvgIpc) is 3.47. The van der Waals surface area contributed by atoms with Crippen molar-refractivity contribution in [3.8, 4) is 0 Å². The molecular formula is C22H37N3O8S. The molecule has 1 saturated heterocycles. The normalized spacial score (nSPS) is 28.9. The van der Waals surface area contributed by atoms with Gasteiger partial charge in [-0.3, -0.25) is 14.1 Å². The molecule has 0 radical (unpaired) electrons. The van der Waals surface area contributed by atoms with Gasteiger partial charge in [0.15, 0.2) is 0 Å². The molecule has 0 aromatic rings. The molecule has 2 bridgehead atoms. The lowest BCUT2D eigenvalue weighted by Gasteiger charge is -2.27. The molecule has 194 valence electrons. The number of rotatable bonds is 11. The Labute approximate surface area is 200 Å². The summed E-state index contributed by atoms with van der Waals surface area (Å²) in [4.78, 5) is 37.4. The number of carbonyl (C=O) groups is 3. The molecule has 1 heterocycles.